The Morgan fingerprint density at radius 3 is 2.65 bits per heavy atom. The molecular formula is C16H20N2O2. The van der Waals surface area contributed by atoms with Gasteiger partial charge in [-0.2, -0.15) is 0 Å². The quantitative estimate of drug-likeness (QED) is 0.737. The molecular weight excluding hydrogens is 252 g/mol. The fraction of sp³-hybridized carbons (Fsp3) is 0.500. The molecule has 0 spiro atoms. The molecule has 3 rings (SSSR count). The molecule has 2 atom stereocenters. The van der Waals surface area contributed by atoms with E-state index in [0.29, 0.717) is 11.6 Å². The van der Waals surface area contributed by atoms with Gasteiger partial charge in [-0.25, -0.2) is 0 Å². The number of nitrogens with zero attached hydrogens (tertiary/aromatic N) is 2. The zero-order chi connectivity index (χ0) is 14.4. The Morgan fingerprint density at radius 1 is 1.20 bits per heavy atom. The van der Waals surface area contributed by atoms with Crippen LogP contribution in [0, 0.1) is 5.92 Å². The monoisotopic (exact) mass is 272 g/mol. The highest BCUT2D eigenvalue weighted by Crippen LogP contribution is 2.34. The van der Waals surface area contributed by atoms with Gasteiger partial charge in [0.15, 0.2) is 0 Å². The van der Waals surface area contributed by atoms with Gasteiger partial charge >= 0.3 is 0 Å². The zero-order valence-electron chi connectivity index (χ0n) is 12.2. The number of ketones is 1. The smallest absolute Gasteiger partial charge is 0.299 e. The van der Waals surface area contributed by atoms with Crippen molar-refractivity contribution in [3.05, 3.63) is 23.8 Å². The molecule has 2 aliphatic rings. The van der Waals surface area contributed by atoms with Crippen LogP contribution in [0.1, 0.15) is 37.0 Å². The van der Waals surface area contributed by atoms with Gasteiger partial charge in [0.2, 0.25) is 0 Å². The van der Waals surface area contributed by atoms with E-state index >= 15 is 0 Å². The van der Waals surface area contributed by atoms with E-state index in [0.717, 1.165) is 23.8 Å². The predicted molar refractivity (Wildman–Crippen MR) is 79.4 cm³/mol. The number of fused-ring (bicyclic) bond motifs is 1. The maximum atomic E-state index is 11.8. The van der Waals surface area contributed by atoms with Crippen LogP contribution in [-0.2, 0) is 4.79 Å². The summed E-state index contributed by atoms with van der Waals surface area (Å²) in [5, 5.41) is 0. The lowest BCUT2D eigenvalue weighted by Crippen LogP contribution is -2.40. The van der Waals surface area contributed by atoms with Gasteiger partial charge in [0, 0.05) is 25.3 Å². The molecule has 0 radical (unpaired) electrons. The Morgan fingerprint density at radius 2 is 1.95 bits per heavy atom. The molecule has 0 N–H and O–H groups in total. The first-order valence-electron chi connectivity index (χ1n) is 7.22. The van der Waals surface area contributed by atoms with Crippen molar-refractivity contribution in [2.24, 2.45) is 5.92 Å². The van der Waals surface area contributed by atoms with Crippen LogP contribution in [0.15, 0.2) is 18.2 Å². The normalized spacial score (nSPS) is 26.1. The number of Topliss-reactive ketones (excluding diaryl/α,β-unsaturated/α-hetero) is 1. The molecule has 1 aromatic rings. The van der Waals surface area contributed by atoms with Crippen LogP contribution in [0.5, 0.6) is 0 Å². The molecule has 4 heteroatoms. The molecule has 1 fully saturated rings. The number of carbonyl (C=O) groups excluding carboxylic acids is 2. The first-order chi connectivity index (χ1) is 9.49. The molecule has 0 aromatic heterocycles. The average molecular weight is 272 g/mol. The minimum absolute atomic E-state index is 0.394. The number of amides is 1. The molecule has 2 unspecified atom stereocenters. The number of carbonyl (C=O) groups is 2. The second-order valence-corrected chi connectivity index (χ2v) is 6.07. The molecule has 4 nitrogen and oxygen atoms in total. The standard InChI is InChI=1S/C16H20N2O2/c1-10-6-7-18(11(2)8-10)12-4-5-13-14(9-12)17(3)16(20)15(13)19/h4-5,9-11H,6-8H2,1-3H3. The van der Waals surface area contributed by atoms with Gasteiger partial charge in [-0.05, 0) is 43.9 Å². The number of rotatable bonds is 1. The van der Waals surface area contributed by atoms with E-state index < -0.39 is 11.7 Å². The fourth-order valence-corrected chi connectivity index (χ4v) is 3.34. The number of hydrogen-bond donors (Lipinski definition) is 0. The second kappa shape index (κ2) is 4.62. The Bertz CT molecular complexity index is 582. The highest BCUT2D eigenvalue weighted by molar-refractivity contribution is 6.52. The summed E-state index contributed by atoms with van der Waals surface area (Å²) in [5.74, 6) is -0.0617. The zero-order valence-corrected chi connectivity index (χ0v) is 12.2. The van der Waals surface area contributed by atoms with Gasteiger partial charge in [-0.3, -0.25) is 9.59 Å². The molecule has 0 bridgehead atoms. The highest BCUT2D eigenvalue weighted by atomic mass is 16.2. The van der Waals surface area contributed by atoms with E-state index in [-0.39, 0.29) is 0 Å². The van der Waals surface area contributed by atoms with Crippen molar-refractivity contribution in [3.8, 4) is 0 Å². The predicted octanol–water partition coefficient (Wildman–Crippen LogP) is 2.47. The number of hydrogen-bond acceptors (Lipinski definition) is 3. The molecule has 0 saturated carbocycles. The largest absolute Gasteiger partial charge is 0.369 e. The van der Waals surface area contributed by atoms with E-state index in [1.807, 2.05) is 12.1 Å². The van der Waals surface area contributed by atoms with E-state index in [9.17, 15) is 9.59 Å². The van der Waals surface area contributed by atoms with E-state index in [4.69, 9.17) is 0 Å². The lowest BCUT2D eigenvalue weighted by Gasteiger charge is -2.38. The van der Waals surface area contributed by atoms with Crippen LogP contribution in [-0.4, -0.2) is 31.3 Å². The minimum Gasteiger partial charge on any atom is -0.369 e. The summed E-state index contributed by atoms with van der Waals surface area (Å²) in [6.07, 6.45) is 2.37. The number of likely N-dealkylation sites (N-methyl/N-ethyl adjacent to an activating group) is 1. The Hall–Kier alpha value is -1.84. The Balaban J connectivity index is 1.94. The molecule has 1 aromatic carbocycles. The topological polar surface area (TPSA) is 40.6 Å². The van der Waals surface area contributed by atoms with Crippen molar-refractivity contribution < 1.29 is 9.59 Å². The van der Waals surface area contributed by atoms with Crippen LogP contribution < -0.4 is 9.80 Å². The Labute approximate surface area is 119 Å². The van der Waals surface area contributed by atoms with E-state index in [2.05, 4.69) is 18.7 Å². The first-order valence-corrected chi connectivity index (χ1v) is 7.22. The van der Waals surface area contributed by atoms with E-state index in [1.54, 1.807) is 13.1 Å². The SMILES string of the molecule is CC1CCN(c2ccc3c(c2)N(C)C(=O)C3=O)C(C)C1. The summed E-state index contributed by atoms with van der Waals surface area (Å²) in [6.45, 7) is 5.57. The first kappa shape index (κ1) is 13.2. The van der Waals surface area contributed by atoms with Crippen LogP contribution in [0.4, 0.5) is 11.4 Å². The van der Waals surface area contributed by atoms with Crippen molar-refractivity contribution in [2.45, 2.75) is 32.7 Å². The van der Waals surface area contributed by atoms with Crippen LogP contribution in [0.3, 0.4) is 0 Å². The summed E-state index contributed by atoms with van der Waals surface area (Å²) >= 11 is 0. The van der Waals surface area contributed by atoms with Crippen LogP contribution in [0.2, 0.25) is 0 Å². The number of anilines is 2. The summed E-state index contributed by atoms with van der Waals surface area (Å²) in [7, 11) is 1.66. The number of piperidine rings is 1. The lowest BCUT2D eigenvalue weighted by molar-refractivity contribution is -0.114. The highest BCUT2D eigenvalue weighted by Gasteiger charge is 2.34. The lowest BCUT2D eigenvalue weighted by atomic mass is 9.93. The Kier molecular flexibility index (Phi) is 3.04. The molecule has 20 heavy (non-hydrogen) atoms. The van der Waals surface area contributed by atoms with Crippen molar-refractivity contribution in [1.82, 2.24) is 0 Å². The van der Waals surface area contributed by atoms with Crippen LogP contribution >= 0.6 is 0 Å². The third kappa shape index (κ3) is 1.90. The summed E-state index contributed by atoms with van der Waals surface area (Å²) in [5.41, 5.74) is 2.38. The van der Waals surface area contributed by atoms with Gasteiger partial charge in [-0.15, -0.1) is 0 Å². The van der Waals surface area contributed by atoms with Gasteiger partial charge < -0.3 is 9.80 Å². The molecule has 2 heterocycles. The van der Waals surface area contributed by atoms with Gasteiger partial charge in [-0.1, -0.05) is 6.92 Å². The molecule has 1 saturated heterocycles. The third-order valence-electron chi connectivity index (χ3n) is 4.56. The summed E-state index contributed by atoms with van der Waals surface area (Å²) < 4.78 is 0. The third-order valence-corrected chi connectivity index (χ3v) is 4.56. The maximum absolute atomic E-state index is 11.8. The van der Waals surface area contributed by atoms with Crippen molar-refractivity contribution in [1.29, 1.82) is 0 Å². The molecule has 2 aliphatic heterocycles. The average Bonchev–Trinajstić information content (AvgIpc) is 2.64. The summed E-state index contributed by atoms with van der Waals surface area (Å²) in [4.78, 5) is 27.3. The van der Waals surface area contributed by atoms with Crippen molar-refractivity contribution in [3.63, 3.8) is 0 Å². The second-order valence-electron chi connectivity index (χ2n) is 6.07. The van der Waals surface area contributed by atoms with Crippen molar-refractivity contribution in [2.75, 3.05) is 23.4 Å². The maximum Gasteiger partial charge on any atom is 0.299 e. The molecule has 106 valence electrons. The van der Waals surface area contributed by atoms with Crippen molar-refractivity contribution >= 4 is 23.1 Å². The van der Waals surface area contributed by atoms with E-state index in [1.165, 1.54) is 17.7 Å². The molecule has 1 amide bonds. The van der Waals surface area contributed by atoms with Gasteiger partial charge in [0.1, 0.15) is 0 Å². The summed E-state index contributed by atoms with van der Waals surface area (Å²) in [6, 6.07) is 6.23. The van der Waals surface area contributed by atoms with Crippen LogP contribution in [0.25, 0.3) is 0 Å². The van der Waals surface area contributed by atoms with Gasteiger partial charge in [0.25, 0.3) is 11.7 Å². The minimum atomic E-state index is -0.433. The molecule has 0 aliphatic carbocycles. The number of benzene rings is 1. The fourth-order valence-electron chi connectivity index (χ4n) is 3.34. The van der Waals surface area contributed by atoms with Gasteiger partial charge in [0.05, 0.1) is 11.3 Å².